The van der Waals surface area contributed by atoms with Gasteiger partial charge in [-0.1, -0.05) is 30.3 Å². The van der Waals surface area contributed by atoms with Crippen molar-refractivity contribution in [3.8, 4) is 0 Å². The summed E-state index contributed by atoms with van der Waals surface area (Å²) in [5.41, 5.74) is 4.34. The molecular formula is C38H41N3O8S2. The van der Waals surface area contributed by atoms with E-state index in [0.29, 0.717) is 22.7 Å². The second kappa shape index (κ2) is 16.4. The summed E-state index contributed by atoms with van der Waals surface area (Å²) in [6.45, 7) is 3.44. The molecule has 0 atom stereocenters. The lowest BCUT2D eigenvalue weighted by molar-refractivity contribution is -0.137. The van der Waals surface area contributed by atoms with Crippen LogP contribution in [0.2, 0.25) is 0 Å². The maximum atomic E-state index is 13.8. The number of fused-ring (bicyclic) bond motifs is 1. The number of nitrogens with one attached hydrogen (secondary N) is 2. The van der Waals surface area contributed by atoms with E-state index in [1.54, 1.807) is 26.0 Å². The summed E-state index contributed by atoms with van der Waals surface area (Å²) in [6, 6.07) is 19.6. The number of anilines is 2. The Kier molecular flexibility index (Phi) is 12.1. The predicted molar refractivity (Wildman–Crippen MR) is 196 cm³/mol. The maximum absolute atomic E-state index is 13.8. The summed E-state index contributed by atoms with van der Waals surface area (Å²) in [4.78, 5) is 50.5. The molecule has 5 rings (SSSR count). The molecule has 268 valence electrons. The van der Waals surface area contributed by atoms with Crippen LogP contribution in [0.3, 0.4) is 0 Å². The van der Waals surface area contributed by atoms with Gasteiger partial charge in [0, 0.05) is 35.1 Å². The number of thiophene rings is 1. The number of hydrogen-bond donors (Lipinski definition) is 4. The Morgan fingerprint density at radius 1 is 0.824 bits per heavy atom. The standard InChI is InChI=1S/C38H41N3O8S2/c1-24(2)41(22-6-11-33(42)43)51(48,49)30-8-5-7-28(23-30)35(44)40-37-34(31-9-3-4-10-32(31)50-37)36(45)39-29-20-16-26(17-21-29)13-12-25-14-18-27(19-15-25)38(46)47/h5,7-8,14-21,23-24H,3-4,6,9-13,22H2,1-2H3,(H,39,45)(H,40,44)(H,42,43)(H,46,47). The molecule has 0 aliphatic heterocycles. The molecule has 1 heterocycles. The first-order valence-electron chi connectivity index (χ1n) is 16.9. The molecule has 2 amide bonds. The lowest BCUT2D eigenvalue weighted by atomic mass is 9.95. The minimum atomic E-state index is -4.03. The second-order valence-electron chi connectivity index (χ2n) is 12.8. The Balaban J connectivity index is 1.30. The fraction of sp³-hybridized carbons (Fsp3) is 0.316. The van der Waals surface area contributed by atoms with Gasteiger partial charge in [-0.05, 0) is 118 Å². The Bertz CT molecular complexity index is 2020. The number of carboxylic acids is 2. The van der Waals surface area contributed by atoms with Gasteiger partial charge >= 0.3 is 11.9 Å². The van der Waals surface area contributed by atoms with Crippen molar-refractivity contribution in [2.75, 3.05) is 17.2 Å². The first-order valence-corrected chi connectivity index (χ1v) is 19.1. The fourth-order valence-corrected chi connectivity index (χ4v) is 9.10. The number of benzene rings is 3. The van der Waals surface area contributed by atoms with Crippen LogP contribution in [-0.4, -0.2) is 59.3 Å². The van der Waals surface area contributed by atoms with E-state index in [9.17, 15) is 27.6 Å². The monoisotopic (exact) mass is 731 g/mol. The van der Waals surface area contributed by atoms with Crippen molar-refractivity contribution in [2.45, 2.75) is 76.2 Å². The first kappa shape index (κ1) is 37.4. The van der Waals surface area contributed by atoms with Crippen LogP contribution in [-0.2, 0) is 40.5 Å². The third kappa shape index (κ3) is 9.29. The number of aromatic carboxylic acids is 1. The normalized spacial score (nSPS) is 12.8. The zero-order valence-corrected chi connectivity index (χ0v) is 30.1. The van der Waals surface area contributed by atoms with Gasteiger partial charge in [0.1, 0.15) is 5.00 Å². The van der Waals surface area contributed by atoms with E-state index in [-0.39, 0.29) is 41.3 Å². The number of aliphatic carboxylic acids is 1. The first-order chi connectivity index (χ1) is 24.3. The molecule has 0 bridgehead atoms. The van der Waals surface area contributed by atoms with Gasteiger partial charge < -0.3 is 20.8 Å². The van der Waals surface area contributed by atoms with Crippen molar-refractivity contribution in [2.24, 2.45) is 0 Å². The summed E-state index contributed by atoms with van der Waals surface area (Å²) in [6.07, 6.45) is 4.85. The molecule has 0 radical (unpaired) electrons. The zero-order chi connectivity index (χ0) is 36.7. The molecule has 4 N–H and O–H groups in total. The SMILES string of the molecule is CC(C)N(CCCC(=O)O)S(=O)(=O)c1cccc(C(=O)Nc2sc3c(c2C(=O)Nc2ccc(CCc4ccc(C(=O)O)cc4)cc2)CCCC3)c1. The Hall–Kier alpha value is -4.85. The zero-order valence-electron chi connectivity index (χ0n) is 28.5. The predicted octanol–water partition coefficient (Wildman–Crippen LogP) is 6.88. The van der Waals surface area contributed by atoms with Crippen molar-refractivity contribution in [3.05, 3.63) is 111 Å². The number of carbonyl (C=O) groups is 4. The van der Waals surface area contributed by atoms with Gasteiger partial charge in [-0.15, -0.1) is 11.3 Å². The Labute approximate surface area is 301 Å². The highest BCUT2D eigenvalue weighted by molar-refractivity contribution is 7.89. The summed E-state index contributed by atoms with van der Waals surface area (Å²) >= 11 is 1.36. The Morgan fingerprint density at radius 2 is 1.47 bits per heavy atom. The quantitative estimate of drug-likeness (QED) is 0.103. The number of amides is 2. The minimum absolute atomic E-state index is 0.0231. The number of nitrogens with zero attached hydrogens (tertiary/aromatic N) is 1. The largest absolute Gasteiger partial charge is 0.481 e. The van der Waals surface area contributed by atoms with Gasteiger partial charge in [0.25, 0.3) is 11.8 Å². The fourth-order valence-electron chi connectivity index (χ4n) is 6.10. The molecule has 0 spiro atoms. The molecule has 1 aliphatic rings. The molecule has 0 saturated heterocycles. The van der Waals surface area contributed by atoms with E-state index in [2.05, 4.69) is 10.6 Å². The number of hydrogen-bond acceptors (Lipinski definition) is 7. The van der Waals surface area contributed by atoms with Crippen molar-refractivity contribution >= 4 is 55.8 Å². The summed E-state index contributed by atoms with van der Waals surface area (Å²) in [5, 5.41) is 24.4. The molecule has 4 aromatic rings. The average molecular weight is 732 g/mol. The van der Waals surface area contributed by atoms with E-state index in [4.69, 9.17) is 10.2 Å². The number of rotatable bonds is 15. The van der Waals surface area contributed by atoms with Gasteiger partial charge in [-0.25, -0.2) is 13.2 Å². The highest BCUT2D eigenvalue weighted by Crippen LogP contribution is 2.39. The van der Waals surface area contributed by atoms with Crippen LogP contribution in [0.4, 0.5) is 10.7 Å². The summed E-state index contributed by atoms with van der Waals surface area (Å²) < 4.78 is 28.4. The van der Waals surface area contributed by atoms with Gasteiger partial charge in [-0.2, -0.15) is 4.31 Å². The van der Waals surface area contributed by atoms with Crippen molar-refractivity contribution < 1.29 is 37.8 Å². The molecular weight excluding hydrogens is 691 g/mol. The maximum Gasteiger partial charge on any atom is 0.335 e. The van der Waals surface area contributed by atoms with Crippen LogP contribution in [0.25, 0.3) is 0 Å². The number of sulfonamides is 1. The molecule has 0 saturated carbocycles. The van der Waals surface area contributed by atoms with Gasteiger partial charge in [0.2, 0.25) is 10.0 Å². The van der Waals surface area contributed by atoms with Crippen LogP contribution in [0.5, 0.6) is 0 Å². The van der Waals surface area contributed by atoms with E-state index in [0.717, 1.165) is 53.7 Å². The minimum Gasteiger partial charge on any atom is -0.481 e. The number of carboxylic acid groups (broad SMARTS) is 2. The van der Waals surface area contributed by atoms with Gasteiger partial charge in [0.05, 0.1) is 16.0 Å². The molecule has 1 aromatic heterocycles. The molecule has 0 unspecified atom stereocenters. The summed E-state index contributed by atoms with van der Waals surface area (Å²) in [5.74, 6) is -2.87. The molecule has 13 heteroatoms. The van der Waals surface area contributed by atoms with Crippen molar-refractivity contribution in [1.82, 2.24) is 4.31 Å². The van der Waals surface area contributed by atoms with E-state index in [1.165, 1.54) is 39.9 Å². The van der Waals surface area contributed by atoms with Crippen LogP contribution < -0.4 is 10.6 Å². The average Bonchev–Trinajstić information content (AvgIpc) is 3.47. The lowest BCUT2D eigenvalue weighted by Gasteiger charge is -2.26. The third-order valence-electron chi connectivity index (χ3n) is 8.79. The molecule has 3 aromatic carbocycles. The highest BCUT2D eigenvalue weighted by Gasteiger charge is 2.29. The molecule has 0 fully saturated rings. The van der Waals surface area contributed by atoms with Crippen LogP contribution in [0.1, 0.15) is 92.2 Å². The van der Waals surface area contributed by atoms with Gasteiger partial charge in [0.15, 0.2) is 0 Å². The second-order valence-corrected chi connectivity index (χ2v) is 15.8. The van der Waals surface area contributed by atoms with E-state index < -0.39 is 33.9 Å². The highest BCUT2D eigenvalue weighted by atomic mass is 32.2. The van der Waals surface area contributed by atoms with Crippen molar-refractivity contribution in [3.63, 3.8) is 0 Å². The number of carbonyl (C=O) groups excluding carboxylic acids is 2. The topological polar surface area (TPSA) is 170 Å². The molecule has 51 heavy (non-hydrogen) atoms. The van der Waals surface area contributed by atoms with Crippen molar-refractivity contribution in [1.29, 1.82) is 0 Å². The van der Waals surface area contributed by atoms with E-state index in [1.807, 2.05) is 36.4 Å². The van der Waals surface area contributed by atoms with Crippen LogP contribution in [0.15, 0.2) is 77.7 Å². The van der Waals surface area contributed by atoms with Crippen LogP contribution >= 0.6 is 11.3 Å². The molecule has 11 nitrogen and oxygen atoms in total. The smallest absolute Gasteiger partial charge is 0.335 e. The van der Waals surface area contributed by atoms with E-state index >= 15 is 0 Å². The lowest BCUT2D eigenvalue weighted by Crippen LogP contribution is -2.38. The Morgan fingerprint density at radius 3 is 2.10 bits per heavy atom. The number of aryl methyl sites for hydroxylation is 3. The third-order valence-corrected chi connectivity index (χ3v) is 12.1. The van der Waals surface area contributed by atoms with Gasteiger partial charge in [-0.3, -0.25) is 14.4 Å². The van der Waals surface area contributed by atoms with Crippen LogP contribution in [0, 0.1) is 0 Å². The molecule has 1 aliphatic carbocycles. The summed E-state index contributed by atoms with van der Waals surface area (Å²) in [7, 11) is -4.03.